The molecule has 27 heteroatoms. The van der Waals surface area contributed by atoms with Crippen LogP contribution in [0.25, 0.3) is 0 Å². The molecule has 9 nitrogen and oxygen atoms in total. The molecule has 0 atom stereocenters. The van der Waals surface area contributed by atoms with Crippen LogP contribution < -0.4 is 31.9 Å². The maximum absolute atomic E-state index is 13.5. The number of urea groups is 3. The second kappa shape index (κ2) is 18.8. The zero-order valence-electron chi connectivity index (χ0n) is 36.6. The van der Waals surface area contributed by atoms with E-state index in [0.717, 1.165) is 0 Å². The van der Waals surface area contributed by atoms with E-state index in [0.29, 0.717) is 0 Å². The Balaban J connectivity index is 1.68. The van der Waals surface area contributed by atoms with Gasteiger partial charge in [-0.2, -0.15) is 79.0 Å². The molecule has 3 aromatic carbocycles. The topological polar surface area (TPSA) is 123 Å². The lowest BCUT2D eigenvalue weighted by molar-refractivity contribution is -0.144. The summed E-state index contributed by atoms with van der Waals surface area (Å²) < 4.78 is 244. The lowest BCUT2D eigenvalue weighted by Gasteiger charge is -2.51. The molecule has 0 aromatic heterocycles. The van der Waals surface area contributed by atoms with Crippen molar-refractivity contribution in [2.75, 3.05) is 16.0 Å². The maximum Gasteiger partial charge on any atom is 0.416 e. The van der Waals surface area contributed by atoms with Crippen LogP contribution in [-0.4, -0.2) is 34.7 Å². The van der Waals surface area contributed by atoms with E-state index >= 15 is 0 Å². The zero-order valence-corrected chi connectivity index (χ0v) is 36.6. The van der Waals surface area contributed by atoms with Crippen molar-refractivity contribution in [3.63, 3.8) is 0 Å². The molecule has 69 heavy (non-hydrogen) atoms. The van der Waals surface area contributed by atoms with Crippen molar-refractivity contribution >= 4 is 35.2 Å². The molecule has 384 valence electrons. The van der Waals surface area contributed by atoms with Crippen molar-refractivity contribution in [2.24, 2.45) is 17.8 Å². The fourth-order valence-corrected chi connectivity index (χ4v) is 7.84. The van der Waals surface area contributed by atoms with Gasteiger partial charge in [-0.25, -0.2) is 14.4 Å². The molecule has 0 saturated heterocycles. The van der Waals surface area contributed by atoms with E-state index in [2.05, 4.69) is 16.0 Å². The Morgan fingerprint density at radius 2 is 0.493 bits per heavy atom. The highest BCUT2D eigenvalue weighted by molar-refractivity contribution is 5.91. The van der Waals surface area contributed by atoms with Crippen molar-refractivity contribution in [1.82, 2.24) is 16.0 Å². The van der Waals surface area contributed by atoms with Gasteiger partial charge in [-0.1, -0.05) is 0 Å². The molecular weight excluding hydrogens is 978 g/mol. The standard InChI is InChI=1S/C42H42F18N6O3/c1-34(2,64-31(67)61-28-13-22(37(43,44)45)10-23(14-28)38(46,47)48)19-7-20(35(3,4)65-32(68)62-29-15-24(39(49,50)51)11-25(16-29)40(52,53)54)9-21(8-19)36(5,6)66-33(69)63-30-17-26(41(55,56)57)12-27(18-30)42(58,59)60/h10-21H,7-9H2,1-6H3,(H2,61,64,67)(H2,62,65,68)(H2,63,66,69). The van der Waals surface area contributed by atoms with Crippen molar-refractivity contribution < 1.29 is 93.4 Å². The molecule has 6 N–H and O–H groups in total. The fourth-order valence-electron chi connectivity index (χ4n) is 7.84. The predicted octanol–water partition coefficient (Wildman–Crippen LogP) is 13.9. The van der Waals surface area contributed by atoms with Crippen LogP contribution in [0.5, 0.6) is 0 Å². The van der Waals surface area contributed by atoms with Crippen molar-refractivity contribution in [3.05, 3.63) is 88.0 Å². The number of alkyl halides is 18. The van der Waals surface area contributed by atoms with Crippen LogP contribution in [0, 0.1) is 17.8 Å². The van der Waals surface area contributed by atoms with Crippen LogP contribution in [-0.2, 0) is 37.1 Å². The Kier molecular flexibility index (Phi) is 15.2. The molecule has 0 heterocycles. The first kappa shape index (κ1) is 55.8. The third-order valence-electron chi connectivity index (χ3n) is 11.6. The second-order valence-corrected chi connectivity index (χ2v) is 18.1. The third-order valence-corrected chi connectivity index (χ3v) is 11.6. The summed E-state index contributed by atoms with van der Waals surface area (Å²) in [6, 6.07) is -3.09. The monoisotopic (exact) mass is 1020 g/mol. The van der Waals surface area contributed by atoms with Gasteiger partial charge in [0.2, 0.25) is 0 Å². The first-order valence-electron chi connectivity index (χ1n) is 20.0. The van der Waals surface area contributed by atoms with Gasteiger partial charge in [0, 0.05) is 33.7 Å². The molecule has 4 rings (SSSR count). The molecule has 1 saturated carbocycles. The molecule has 1 aliphatic carbocycles. The molecule has 0 spiro atoms. The van der Waals surface area contributed by atoms with Gasteiger partial charge in [0.15, 0.2) is 0 Å². The molecule has 0 aliphatic heterocycles. The molecule has 6 amide bonds. The van der Waals surface area contributed by atoms with Gasteiger partial charge in [-0.3, -0.25) is 0 Å². The van der Waals surface area contributed by atoms with Gasteiger partial charge >= 0.3 is 55.2 Å². The number of rotatable bonds is 9. The first-order chi connectivity index (χ1) is 30.9. The summed E-state index contributed by atoms with van der Waals surface area (Å²) in [5.41, 5.74) is -17.9. The molecule has 1 aliphatic rings. The van der Waals surface area contributed by atoms with Gasteiger partial charge < -0.3 is 31.9 Å². The highest BCUT2D eigenvalue weighted by Gasteiger charge is 2.48. The maximum atomic E-state index is 13.5. The van der Waals surface area contributed by atoms with E-state index in [1.165, 1.54) is 41.5 Å². The normalized spacial score (nSPS) is 18.0. The SMILES string of the molecule is CC(C)(NC(=O)Nc1cc(C(F)(F)F)cc(C(F)(F)F)c1)C1CC(C(C)(C)NC(=O)Nc2cc(C(F)(F)F)cc(C(F)(F)F)c2)CC(C(C)(C)NC(=O)Nc2cc(C(F)(F)F)cc(C(F)(F)F)c2)C1. The van der Waals surface area contributed by atoms with Gasteiger partial charge in [-0.15, -0.1) is 0 Å². The molecular formula is C42H42F18N6O3. The van der Waals surface area contributed by atoms with E-state index in [1.807, 2.05) is 16.0 Å². The highest BCUT2D eigenvalue weighted by atomic mass is 19.4. The predicted molar refractivity (Wildman–Crippen MR) is 212 cm³/mol. The van der Waals surface area contributed by atoms with E-state index in [-0.39, 0.29) is 73.9 Å². The van der Waals surface area contributed by atoms with Crippen LogP contribution in [0.15, 0.2) is 54.6 Å². The summed E-state index contributed by atoms with van der Waals surface area (Å²) in [6.07, 6.45) is -31.9. The van der Waals surface area contributed by atoms with E-state index in [9.17, 15) is 93.4 Å². The molecule has 0 bridgehead atoms. The number of amides is 6. The first-order valence-corrected chi connectivity index (χ1v) is 20.0. The van der Waals surface area contributed by atoms with Crippen LogP contribution in [0.4, 0.5) is 110 Å². The third kappa shape index (κ3) is 14.9. The van der Waals surface area contributed by atoms with Gasteiger partial charge in [-0.05, 0) is 133 Å². The van der Waals surface area contributed by atoms with E-state index in [4.69, 9.17) is 0 Å². The molecule has 1 fully saturated rings. The van der Waals surface area contributed by atoms with Crippen molar-refractivity contribution in [2.45, 2.75) is 114 Å². The van der Waals surface area contributed by atoms with E-state index in [1.54, 1.807) is 0 Å². The number of nitrogens with one attached hydrogen (secondary N) is 6. The van der Waals surface area contributed by atoms with Gasteiger partial charge in [0.25, 0.3) is 0 Å². The summed E-state index contributed by atoms with van der Waals surface area (Å²) >= 11 is 0. The van der Waals surface area contributed by atoms with E-state index < -0.39 is 140 Å². The fraction of sp³-hybridized carbons (Fsp3) is 0.500. The summed E-state index contributed by atoms with van der Waals surface area (Å²) in [4.78, 5) is 40.0. The van der Waals surface area contributed by atoms with Gasteiger partial charge in [0.05, 0.1) is 33.4 Å². The minimum absolute atomic E-state index is 0.0622. The minimum atomic E-state index is -5.28. The Labute approximate surface area is 380 Å². The Hall–Kier alpha value is -5.79. The average molecular weight is 1020 g/mol. The van der Waals surface area contributed by atoms with Crippen molar-refractivity contribution in [3.8, 4) is 0 Å². The Bertz CT molecular complexity index is 2020. The zero-order chi connectivity index (χ0) is 52.9. The minimum Gasteiger partial charge on any atom is -0.333 e. The molecule has 0 radical (unpaired) electrons. The van der Waals surface area contributed by atoms with Crippen LogP contribution >= 0.6 is 0 Å². The Morgan fingerprint density at radius 1 is 0.333 bits per heavy atom. The number of anilines is 3. The number of carbonyl (C=O) groups is 3. The largest absolute Gasteiger partial charge is 0.416 e. The average Bonchev–Trinajstić information content (AvgIpc) is 3.14. The number of hydrogen-bond acceptors (Lipinski definition) is 3. The highest BCUT2D eigenvalue weighted by Crippen LogP contribution is 2.47. The second-order valence-electron chi connectivity index (χ2n) is 18.1. The smallest absolute Gasteiger partial charge is 0.333 e. The van der Waals surface area contributed by atoms with Crippen LogP contribution in [0.2, 0.25) is 0 Å². The van der Waals surface area contributed by atoms with Gasteiger partial charge in [0.1, 0.15) is 0 Å². The molecule has 0 unspecified atom stereocenters. The lowest BCUT2D eigenvalue weighted by Crippen LogP contribution is -2.60. The summed E-state index contributed by atoms with van der Waals surface area (Å²) in [7, 11) is 0. The lowest BCUT2D eigenvalue weighted by atomic mass is 9.60. The van der Waals surface area contributed by atoms with Crippen LogP contribution in [0.3, 0.4) is 0 Å². The number of halogens is 18. The summed E-state index contributed by atoms with van der Waals surface area (Å²) in [5, 5.41) is 13.2. The Morgan fingerprint density at radius 3 is 0.638 bits per heavy atom. The number of benzene rings is 3. The summed E-state index contributed by atoms with van der Waals surface area (Å²) in [5.74, 6) is -2.62. The van der Waals surface area contributed by atoms with Crippen molar-refractivity contribution in [1.29, 1.82) is 0 Å². The van der Waals surface area contributed by atoms with Crippen LogP contribution in [0.1, 0.15) is 94.2 Å². The molecule has 3 aromatic rings. The number of carbonyl (C=O) groups excluding carboxylic acids is 3. The quantitative estimate of drug-likeness (QED) is 0.120. The number of hydrogen-bond donors (Lipinski definition) is 6. The summed E-state index contributed by atoms with van der Waals surface area (Å²) in [6.45, 7) is 8.26.